The highest BCUT2D eigenvalue weighted by Crippen LogP contribution is 2.41. The molecule has 0 unspecified atom stereocenters. The van der Waals surface area contributed by atoms with E-state index in [9.17, 15) is 9.59 Å². The molecule has 2 bridgehead atoms. The van der Waals surface area contributed by atoms with Crippen molar-refractivity contribution in [3.05, 3.63) is 12.7 Å². The molecule has 2 saturated heterocycles. The van der Waals surface area contributed by atoms with Crippen LogP contribution in [0.1, 0.15) is 34.1 Å². The lowest BCUT2D eigenvalue weighted by Gasteiger charge is -2.37. The van der Waals surface area contributed by atoms with Gasteiger partial charge in [-0.1, -0.05) is 33.8 Å². The summed E-state index contributed by atoms with van der Waals surface area (Å²) in [5.41, 5.74) is -1.56. The van der Waals surface area contributed by atoms with Crippen molar-refractivity contribution in [2.24, 2.45) is 17.8 Å². The molecule has 2 fully saturated rings. The van der Waals surface area contributed by atoms with Crippen molar-refractivity contribution in [2.75, 3.05) is 6.61 Å². The van der Waals surface area contributed by atoms with Gasteiger partial charge < -0.3 is 14.2 Å². The van der Waals surface area contributed by atoms with E-state index in [1.165, 1.54) is 0 Å². The zero-order valence-electron chi connectivity index (χ0n) is 13.1. The zero-order chi connectivity index (χ0) is 15.8. The molecule has 118 valence electrons. The topological polar surface area (TPSA) is 61.8 Å². The Labute approximate surface area is 125 Å². The Hall–Kier alpha value is -1.20. The molecule has 5 nitrogen and oxygen atoms in total. The lowest BCUT2D eigenvalue weighted by Crippen LogP contribution is -2.56. The highest BCUT2D eigenvalue weighted by Gasteiger charge is 2.62. The summed E-state index contributed by atoms with van der Waals surface area (Å²) in [4.78, 5) is 25.1. The van der Waals surface area contributed by atoms with Crippen molar-refractivity contribution in [1.82, 2.24) is 0 Å². The van der Waals surface area contributed by atoms with E-state index in [0.29, 0.717) is 0 Å². The van der Waals surface area contributed by atoms with Crippen LogP contribution in [0.5, 0.6) is 0 Å². The number of ketones is 1. The summed E-state index contributed by atoms with van der Waals surface area (Å²) in [5.74, 6) is -1.04. The van der Waals surface area contributed by atoms with Crippen LogP contribution in [0.3, 0.4) is 0 Å². The summed E-state index contributed by atoms with van der Waals surface area (Å²) in [5, 5.41) is 0. The van der Waals surface area contributed by atoms with Gasteiger partial charge in [-0.15, -0.1) is 6.58 Å². The third kappa shape index (κ3) is 2.64. The Kier molecular flexibility index (Phi) is 4.54. The van der Waals surface area contributed by atoms with E-state index >= 15 is 0 Å². The lowest BCUT2D eigenvalue weighted by atomic mass is 9.84. The fraction of sp³-hybridized carbons (Fsp3) is 0.750. The van der Waals surface area contributed by atoms with Gasteiger partial charge in [0.2, 0.25) is 5.60 Å². The van der Waals surface area contributed by atoms with Crippen LogP contribution in [0.15, 0.2) is 12.7 Å². The molecule has 0 amide bonds. The van der Waals surface area contributed by atoms with Gasteiger partial charge in [0, 0.05) is 5.92 Å². The Morgan fingerprint density at radius 1 is 1.38 bits per heavy atom. The number of hydrogen-bond acceptors (Lipinski definition) is 5. The maximum Gasteiger partial charge on any atom is 0.347 e. The summed E-state index contributed by atoms with van der Waals surface area (Å²) in [6.45, 7) is 11.9. The van der Waals surface area contributed by atoms with Crippen LogP contribution in [0.25, 0.3) is 0 Å². The molecule has 0 radical (unpaired) electrons. The molecule has 0 aromatic heterocycles. The summed E-state index contributed by atoms with van der Waals surface area (Å²) in [6.07, 6.45) is 0.738. The average Bonchev–Trinajstić information content (AvgIpc) is 2.68. The number of ether oxygens (including phenoxy) is 3. The Bertz CT molecular complexity index is 434. The molecule has 2 aliphatic heterocycles. The summed E-state index contributed by atoms with van der Waals surface area (Å²) < 4.78 is 16.6. The first kappa shape index (κ1) is 16.2. The summed E-state index contributed by atoms with van der Waals surface area (Å²) in [6, 6.07) is 0. The van der Waals surface area contributed by atoms with Crippen LogP contribution in [-0.4, -0.2) is 36.4 Å². The van der Waals surface area contributed by atoms with E-state index in [1.54, 1.807) is 6.08 Å². The Morgan fingerprint density at radius 3 is 2.52 bits per heavy atom. The second kappa shape index (κ2) is 5.89. The zero-order valence-corrected chi connectivity index (χ0v) is 13.1. The second-order valence-electron chi connectivity index (χ2n) is 6.44. The van der Waals surface area contributed by atoms with Crippen molar-refractivity contribution in [3.63, 3.8) is 0 Å². The standard InChI is InChI=1S/C16H24O5/c1-6-11-8-19-13-7-12(17)16(11,21-13)15(18)20-14(9(2)3)10(4)5/h6,9-11,13-14H,1,7-8H2,2-5H3/t11-,13-,16-/m0/s1. The van der Waals surface area contributed by atoms with Crippen LogP contribution in [0.2, 0.25) is 0 Å². The van der Waals surface area contributed by atoms with E-state index in [1.807, 2.05) is 27.7 Å². The van der Waals surface area contributed by atoms with Gasteiger partial charge in [0.25, 0.3) is 0 Å². The quantitative estimate of drug-likeness (QED) is 0.442. The van der Waals surface area contributed by atoms with Crippen molar-refractivity contribution >= 4 is 11.8 Å². The normalized spacial score (nSPS) is 32.0. The van der Waals surface area contributed by atoms with Crippen molar-refractivity contribution in [1.29, 1.82) is 0 Å². The third-order valence-corrected chi connectivity index (χ3v) is 4.21. The van der Waals surface area contributed by atoms with Gasteiger partial charge in [-0.3, -0.25) is 4.79 Å². The molecule has 0 aromatic carbocycles. The number of carbonyl (C=O) groups is 2. The molecule has 5 heteroatoms. The van der Waals surface area contributed by atoms with Crippen LogP contribution in [-0.2, 0) is 23.8 Å². The van der Waals surface area contributed by atoms with Crippen molar-refractivity contribution < 1.29 is 23.8 Å². The summed E-state index contributed by atoms with van der Waals surface area (Å²) >= 11 is 0. The maximum absolute atomic E-state index is 12.7. The lowest BCUT2D eigenvalue weighted by molar-refractivity contribution is -0.242. The first-order valence-corrected chi connectivity index (χ1v) is 7.49. The second-order valence-corrected chi connectivity index (χ2v) is 6.44. The highest BCUT2D eigenvalue weighted by molar-refractivity contribution is 6.09. The van der Waals surface area contributed by atoms with Crippen LogP contribution in [0.4, 0.5) is 0 Å². The fourth-order valence-corrected chi connectivity index (χ4v) is 3.13. The van der Waals surface area contributed by atoms with Crippen molar-refractivity contribution in [3.8, 4) is 0 Å². The molecule has 0 N–H and O–H groups in total. The molecule has 0 spiro atoms. The highest BCUT2D eigenvalue weighted by atomic mass is 16.7. The van der Waals surface area contributed by atoms with Crippen LogP contribution in [0, 0.1) is 17.8 Å². The molecular formula is C16H24O5. The molecule has 0 aliphatic carbocycles. The van der Waals surface area contributed by atoms with Gasteiger partial charge in [0.1, 0.15) is 6.10 Å². The largest absolute Gasteiger partial charge is 0.459 e. The van der Waals surface area contributed by atoms with Crippen LogP contribution < -0.4 is 0 Å². The molecule has 21 heavy (non-hydrogen) atoms. The average molecular weight is 296 g/mol. The summed E-state index contributed by atoms with van der Waals surface area (Å²) in [7, 11) is 0. The molecule has 2 rings (SSSR count). The number of Topliss-reactive ketones (excluding diaryl/α,β-unsaturated/α-hetero) is 1. The monoisotopic (exact) mass is 296 g/mol. The first-order chi connectivity index (χ1) is 9.82. The van der Waals surface area contributed by atoms with E-state index in [2.05, 4.69) is 6.58 Å². The van der Waals surface area contributed by atoms with Gasteiger partial charge in [-0.25, -0.2) is 4.79 Å². The SMILES string of the molecule is C=C[C@H]1CO[C@@H]2CC(=O)[C@@]1(C(=O)OC(C(C)C)C(C)C)O2. The van der Waals surface area contributed by atoms with E-state index in [4.69, 9.17) is 14.2 Å². The van der Waals surface area contributed by atoms with Gasteiger partial charge >= 0.3 is 5.97 Å². The fourth-order valence-electron chi connectivity index (χ4n) is 3.13. The smallest absolute Gasteiger partial charge is 0.347 e. The predicted molar refractivity (Wildman–Crippen MR) is 76.4 cm³/mol. The van der Waals surface area contributed by atoms with Gasteiger partial charge in [0.05, 0.1) is 13.0 Å². The maximum atomic E-state index is 12.7. The van der Waals surface area contributed by atoms with Crippen LogP contribution >= 0.6 is 0 Å². The third-order valence-electron chi connectivity index (χ3n) is 4.21. The Balaban J connectivity index is 2.26. The minimum atomic E-state index is -1.56. The van der Waals surface area contributed by atoms with Gasteiger partial charge in [-0.05, 0) is 11.8 Å². The van der Waals surface area contributed by atoms with Crippen molar-refractivity contribution in [2.45, 2.75) is 52.1 Å². The molecule has 3 atom stereocenters. The van der Waals surface area contributed by atoms with E-state index in [-0.39, 0.29) is 36.8 Å². The van der Waals surface area contributed by atoms with E-state index in [0.717, 1.165) is 0 Å². The van der Waals surface area contributed by atoms with Gasteiger partial charge in [-0.2, -0.15) is 0 Å². The number of esters is 1. The molecular weight excluding hydrogens is 272 g/mol. The Morgan fingerprint density at radius 2 is 2.00 bits per heavy atom. The molecule has 2 aliphatic rings. The molecule has 0 saturated carbocycles. The molecule has 2 heterocycles. The molecule has 0 aromatic rings. The van der Waals surface area contributed by atoms with E-state index < -0.39 is 23.8 Å². The number of fused-ring (bicyclic) bond motifs is 2. The minimum absolute atomic E-state index is 0.0907. The van der Waals surface area contributed by atoms with Gasteiger partial charge in [0.15, 0.2) is 12.1 Å². The predicted octanol–water partition coefficient (Wildman–Crippen LogP) is 2.10. The number of carbonyl (C=O) groups excluding carboxylic acids is 2. The first-order valence-electron chi connectivity index (χ1n) is 7.49. The number of rotatable bonds is 5. The number of hydrogen-bond donors (Lipinski definition) is 0. The minimum Gasteiger partial charge on any atom is -0.459 e.